The lowest BCUT2D eigenvalue weighted by Crippen LogP contribution is -2.17. The van der Waals surface area contributed by atoms with Crippen molar-refractivity contribution >= 4 is 15.7 Å². The summed E-state index contributed by atoms with van der Waals surface area (Å²) >= 11 is 0. The maximum Gasteiger partial charge on any atom is 0.232 e. The Bertz CT molecular complexity index is 411. The van der Waals surface area contributed by atoms with Gasteiger partial charge in [-0.1, -0.05) is 19.1 Å². The topological polar surface area (TPSA) is 66.4 Å². The van der Waals surface area contributed by atoms with Crippen LogP contribution in [0.25, 0.3) is 0 Å². The van der Waals surface area contributed by atoms with E-state index < -0.39 is 10.0 Å². The number of aryl methyl sites for hydroxylation is 1. The normalized spacial score (nSPS) is 11.4. The summed E-state index contributed by atoms with van der Waals surface area (Å²) < 4.78 is 25.4. The zero-order valence-electron chi connectivity index (χ0n) is 9.31. The Morgan fingerprint density at radius 2 is 1.88 bits per heavy atom. The molecule has 0 aliphatic carbocycles. The van der Waals surface area contributed by atoms with Crippen molar-refractivity contribution in [2.45, 2.75) is 19.8 Å². The largest absolute Gasteiger partial charge is 0.396 e. The van der Waals surface area contributed by atoms with Gasteiger partial charge in [0, 0.05) is 12.3 Å². The van der Waals surface area contributed by atoms with Crippen LogP contribution in [-0.2, 0) is 16.4 Å². The van der Waals surface area contributed by atoms with Crippen LogP contribution < -0.4 is 4.72 Å². The van der Waals surface area contributed by atoms with Gasteiger partial charge < -0.3 is 5.11 Å². The minimum atomic E-state index is -3.33. The van der Waals surface area contributed by atoms with E-state index in [2.05, 4.69) is 4.72 Å². The van der Waals surface area contributed by atoms with E-state index >= 15 is 0 Å². The van der Waals surface area contributed by atoms with Gasteiger partial charge in [0.15, 0.2) is 0 Å². The highest BCUT2D eigenvalue weighted by Gasteiger charge is 2.09. The number of rotatable bonds is 6. The second kappa shape index (κ2) is 5.86. The Hall–Kier alpha value is -1.07. The molecule has 0 saturated carbocycles. The molecule has 0 aromatic heterocycles. The SMILES string of the molecule is CCc1ccc(NS(=O)(=O)CCCO)cc1. The summed E-state index contributed by atoms with van der Waals surface area (Å²) in [6.45, 7) is 1.93. The van der Waals surface area contributed by atoms with Crippen LogP contribution in [0.3, 0.4) is 0 Å². The summed E-state index contributed by atoms with van der Waals surface area (Å²) in [5.41, 5.74) is 1.73. The lowest BCUT2D eigenvalue weighted by molar-refractivity contribution is 0.295. The van der Waals surface area contributed by atoms with E-state index in [1.807, 2.05) is 19.1 Å². The van der Waals surface area contributed by atoms with Crippen LogP contribution in [0.2, 0.25) is 0 Å². The quantitative estimate of drug-likeness (QED) is 0.793. The Morgan fingerprint density at radius 1 is 1.25 bits per heavy atom. The van der Waals surface area contributed by atoms with Crippen LogP contribution in [0.1, 0.15) is 18.9 Å². The van der Waals surface area contributed by atoms with Crippen molar-refractivity contribution in [3.8, 4) is 0 Å². The van der Waals surface area contributed by atoms with E-state index in [1.165, 1.54) is 5.56 Å². The van der Waals surface area contributed by atoms with Crippen LogP contribution in [0.15, 0.2) is 24.3 Å². The third-order valence-corrected chi connectivity index (χ3v) is 3.58. The van der Waals surface area contributed by atoms with Gasteiger partial charge in [0.25, 0.3) is 0 Å². The summed E-state index contributed by atoms with van der Waals surface area (Å²) in [4.78, 5) is 0. The molecule has 0 atom stereocenters. The van der Waals surface area contributed by atoms with Crippen LogP contribution in [0, 0.1) is 0 Å². The van der Waals surface area contributed by atoms with Crippen molar-refractivity contribution in [2.24, 2.45) is 0 Å². The highest BCUT2D eigenvalue weighted by molar-refractivity contribution is 7.92. The molecular weight excluding hydrogens is 226 g/mol. The molecule has 0 aliphatic rings. The minimum Gasteiger partial charge on any atom is -0.396 e. The summed E-state index contributed by atoms with van der Waals surface area (Å²) in [6.07, 6.45) is 1.18. The summed E-state index contributed by atoms with van der Waals surface area (Å²) in [7, 11) is -3.33. The maximum absolute atomic E-state index is 11.5. The van der Waals surface area contributed by atoms with Crippen molar-refractivity contribution in [2.75, 3.05) is 17.1 Å². The smallest absolute Gasteiger partial charge is 0.232 e. The van der Waals surface area contributed by atoms with Gasteiger partial charge in [-0.15, -0.1) is 0 Å². The molecule has 1 aromatic carbocycles. The molecule has 0 saturated heterocycles. The second-order valence-electron chi connectivity index (χ2n) is 3.55. The molecule has 0 amide bonds. The van der Waals surface area contributed by atoms with Gasteiger partial charge in [-0.3, -0.25) is 4.72 Å². The molecular formula is C11H17NO3S. The maximum atomic E-state index is 11.5. The second-order valence-corrected chi connectivity index (χ2v) is 5.39. The lowest BCUT2D eigenvalue weighted by Gasteiger charge is -2.07. The predicted molar refractivity (Wildman–Crippen MR) is 64.9 cm³/mol. The molecule has 4 nitrogen and oxygen atoms in total. The van der Waals surface area contributed by atoms with Gasteiger partial charge in [0.05, 0.1) is 5.75 Å². The number of hydrogen-bond donors (Lipinski definition) is 2. The molecule has 0 heterocycles. The van der Waals surface area contributed by atoms with Gasteiger partial charge in [0.2, 0.25) is 10.0 Å². The van der Waals surface area contributed by atoms with Crippen molar-refractivity contribution in [3.63, 3.8) is 0 Å². The highest BCUT2D eigenvalue weighted by Crippen LogP contribution is 2.12. The van der Waals surface area contributed by atoms with Crippen molar-refractivity contribution < 1.29 is 13.5 Å². The van der Waals surface area contributed by atoms with Crippen LogP contribution in [-0.4, -0.2) is 25.9 Å². The van der Waals surface area contributed by atoms with Gasteiger partial charge in [-0.25, -0.2) is 8.42 Å². The van der Waals surface area contributed by atoms with E-state index in [9.17, 15) is 8.42 Å². The molecule has 0 fully saturated rings. The molecule has 1 rings (SSSR count). The van der Waals surface area contributed by atoms with Crippen molar-refractivity contribution in [3.05, 3.63) is 29.8 Å². The summed E-state index contributed by atoms with van der Waals surface area (Å²) in [6, 6.07) is 7.28. The number of sulfonamides is 1. The first-order valence-electron chi connectivity index (χ1n) is 5.27. The van der Waals surface area contributed by atoms with E-state index in [0.29, 0.717) is 5.69 Å². The fraction of sp³-hybridized carbons (Fsp3) is 0.455. The van der Waals surface area contributed by atoms with E-state index in [1.54, 1.807) is 12.1 Å². The predicted octanol–water partition coefficient (Wildman–Crippen LogP) is 1.37. The Morgan fingerprint density at radius 3 is 2.38 bits per heavy atom. The average Bonchev–Trinajstić information content (AvgIpc) is 2.27. The Labute approximate surface area is 96.4 Å². The van der Waals surface area contributed by atoms with Gasteiger partial charge in [0.1, 0.15) is 0 Å². The van der Waals surface area contributed by atoms with Crippen molar-refractivity contribution in [1.29, 1.82) is 0 Å². The zero-order chi connectivity index (χ0) is 12.0. The fourth-order valence-electron chi connectivity index (χ4n) is 1.29. The van der Waals surface area contributed by atoms with E-state index in [-0.39, 0.29) is 18.8 Å². The first kappa shape index (κ1) is 13.0. The lowest BCUT2D eigenvalue weighted by atomic mass is 10.2. The number of aliphatic hydroxyl groups excluding tert-OH is 1. The Kier molecular flexibility index (Phi) is 4.76. The molecule has 5 heteroatoms. The number of nitrogens with one attached hydrogen (secondary N) is 1. The standard InChI is InChI=1S/C11H17NO3S/c1-2-10-4-6-11(7-5-10)12-16(14,15)9-3-8-13/h4-7,12-13H,2-3,8-9H2,1H3. The first-order valence-corrected chi connectivity index (χ1v) is 6.93. The van der Waals surface area contributed by atoms with Gasteiger partial charge in [-0.05, 0) is 30.5 Å². The minimum absolute atomic E-state index is 0.0565. The van der Waals surface area contributed by atoms with E-state index in [4.69, 9.17) is 5.11 Å². The van der Waals surface area contributed by atoms with Crippen LogP contribution >= 0.6 is 0 Å². The highest BCUT2D eigenvalue weighted by atomic mass is 32.2. The average molecular weight is 243 g/mol. The zero-order valence-corrected chi connectivity index (χ0v) is 10.1. The third kappa shape index (κ3) is 4.20. The third-order valence-electron chi connectivity index (χ3n) is 2.21. The molecule has 0 radical (unpaired) electrons. The number of benzene rings is 1. The summed E-state index contributed by atoms with van der Waals surface area (Å²) in [5.74, 6) is -0.0565. The molecule has 0 unspecified atom stereocenters. The molecule has 0 spiro atoms. The Balaban J connectivity index is 2.65. The number of anilines is 1. The van der Waals surface area contributed by atoms with Gasteiger partial charge >= 0.3 is 0 Å². The van der Waals surface area contributed by atoms with E-state index in [0.717, 1.165) is 6.42 Å². The molecule has 90 valence electrons. The van der Waals surface area contributed by atoms with Crippen molar-refractivity contribution in [1.82, 2.24) is 0 Å². The summed E-state index contributed by atoms with van der Waals surface area (Å²) in [5, 5.41) is 8.57. The fourth-order valence-corrected chi connectivity index (χ4v) is 2.40. The number of hydrogen-bond acceptors (Lipinski definition) is 3. The van der Waals surface area contributed by atoms with Crippen LogP contribution in [0.4, 0.5) is 5.69 Å². The van der Waals surface area contributed by atoms with Crippen LogP contribution in [0.5, 0.6) is 0 Å². The molecule has 0 aliphatic heterocycles. The molecule has 2 N–H and O–H groups in total. The monoisotopic (exact) mass is 243 g/mol. The molecule has 16 heavy (non-hydrogen) atoms. The number of aliphatic hydroxyl groups is 1. The molecule has 1 aromatic rings. The molecule has 0 bridgehead atoms. The first-order chi connectivity index (χ1) is 7.57. The van der Waals surface area contributed by atoms with Gasteiger partial charge in [-0.2, -0.15) is 0 Å².